The van der Waals surface area contributed by atoms with E-state index < -0.39 is 22.0 Å². The van der Waals surface area contributed by atoms with Gasteiger partial charge in [0.15, 0.2) is 0 Å². The van der Waals surface area contributed by atoms with Crippen LogP contribution >= 0.6 is 0 Å². The summed E-state index contributed by atoms with van der Waals surface area (Å²) in [6.07, 6.45) is 3.43. The number of hydrogen-bond acceptors (Lipinski definition) is 7. The molecule has 3 amide bonds. The Hall–Kier alpha value is -5.62. The lowest BCUT2D eigenvalue weighted by atomic mass is 10.0. The Bertz CT molecular complexity index is 2170. The Morgan fingerprint density at radius 3 is 2.34 bits per heavy atom. The van der Waals surface area contributed by atoms with Gasteiger partial charge in [-0.3, -0.25) is 19.6 Å². The molecule has 6 rings (SSSR count). The average molecular weight is 695 g/mol. The van der Waals surface area contributed by atoms with Gasteiger partial charge in [0.2, 0.25) is 0 Å². The quantitative estimate of drug-likeness (QED) is 0.166. The van der Waals surface area contributed by atoms with E-state index in [1.807, 2.05) is 36.4 Å². The lowest BCUT2D eigenvalue weighted by Crippen LogP contribution is -2.32. The molecule has 50 heavy (non-hydrogen) atoms. The molecule has 1 aliphatic rings. The third-order valence-corrected chi connectivity index (χ3v) is 10.3. The number of benzene rings is 4. The number of methoxy groups -OCH3 is 1. The number of nitrogens with zero attached hydrogens (tertiary/aromatic N) is 2. The van der Waals surface area contributed by atoms with Crippen molar-refractivity contribution in [1.82, 2.24) is 9.29 Å². The summed E-state index contributed by atoms with van der Waals surface area (Å²) in [5.74, 6) is -0.470. The predicted molar refractivity (Wildman–Crippen MR) is 192 cm³/mol. The van der Waals surface area contributed by atoms with Gasteiger partial charge in [-0.25, -0.2) is 22.7 Å². The number of hydrogen-bond donors (Lipinski definition) is 2. The Labute approximate surface area is 290 Å². The lowest BCUT2D eigenvalue weighted by Gasteiger charge is -2.20. The SMILES string of the molecule is COc1cc(C(=O)NS(=O)(=O)c2ccccc2C)ccc1Cc1cc2cc(NC(=O)OC3CCCC3)ccc2n1C(=O)N(C)c1ccccc1. The van der Waals surface area contributed by atoms with Crippen molar-refractivity contribution < 1.29 is 32.3 Å². The Morgan fingerprint density at radius 2 is 1.62 bits per heavy atom. The van der Waals surface area contributed by atoms with Crippen molar-refractivity contribution in [3.63, 3.8) is 0 Å². The fourth-order valence-electron chi connectivity index (χ4n) is 6.24. The zero-order valence-electron chi connectivity index (χ0n) is 28.0. The number of aromatic nitrogens is 1. The van der Waals surface area contributed by atoms with Crippen molar-refractivity contribution in [2.75, 3.05) is 24.4 Å². The third kappa shape index (κ3) is 7.35. The lowest BCUT2D eigenvalue weighted by molar-refractivity contribution is 0.0980. The smallest absolute Gasteiger partial charge is 0.411 e. The molecule has 5 aromatic rings. The summed E-state index contributed by atoms with van der Waals surface area (Å²) >= 11 is 0. The highest BCUT2D eigenvalue weighted by atomic mass is 32.2. The van der Waals surface area contributed by atoms with Crippen LogP contribution in [0.15, 0.2) is 102 Å². The Morgan fingerprint density at radius 1 is 0.900 bits per heavy atom. The van der Waals surface area contributed by atoms with Crippen LogP contribution in [0.25, 0.3) is 10.9 Å². The molecule has 0 atom stereocenters. The van der Waals surface area contributed by atoms with Crippen LogP contribution in [0, 0.1) is 6.92 Å². The van der Waals surface area contributed by atoms with Gasteiger partial charge in [-0.1, -0.05) is 42.5 Å². The fraction of sp³-hybridized carbons (Fsp3) is 0.237. The first-order chi connectivity index (χ1) is 24.0. The Kier molecular flexibility index (Phi) is 9.91. The van der Waals surface area contributed by atoms with Gasteiger partial charge in [-0.05, 0) is 92.8 Å². The van der Waals surface area contributed by atoms with E-state index in [0.717, 1.165) is 25.7 Å². The highest BCUT2D eigenvalue weighted by Crippen LogP contribution is 2.30. The van der Waals surface area contributed by atoms with Crippen molar-refractivity contribution in [2.24, 2.45) is 0 Å². The van der Waals surface area contributed by atoms with Crippen LogP contribution < -0.4 is 19.7 Å². The number of aryl methyl sites for hydroxylation is 1. The van der Waals surface area contributed by atoms with Crippen LogP contribution in [0.1, 0.15) is 52.9 Å². The van der Waals surface area contributed by atoms with Crippen molar-refractivity contribution in [1.29, 1.82) is 0 Å². The Balaban J connectivity index is 1.31. The number of rotatable bonds is 9. The summed E-state index contributed by atoms with van der Waals surface area (Å²) in [7, 11) is -0.964. The van der Waals surface area contributed by atoms with Crippen molar-refractivity contribution in [3.8, 4) is 5.75 Å². The van der Waals surface area contributed by atoms with Gasteiger partial charge in [0.1, 0.15) is 11.9 Å². The summed E-state index contributed by atoms with van der Waals surface area (Å²) in [5.41, 5.74) is 3.73. The van der Waals surface area contributed by atoms with E-state index in [2.05, 4.69) is 10.0 Å². The van der Waals surface area contributed by atoms with E-state index in [9.17, 15) is 22.8 Å². The molecule has 0 spiro atoms. The molecule has 4 aromatic carbocycles. The maximum absolute atomic E-state index is 14.1. The number of carbonyl (C=O) groups excluding carboxylic acids is 3. The zero-order chi connectivity index (χ0) is 35.4. The molecule has 1 fully saturated rings. The van der Waals surface area contributed by atoms with Crippen molar-refractivity contribution >= 4 is 50.3 Å². The molecule has 11 nitrogen and oxygen atoms in total. The summed E-state index contributed by atoms with van der Waals surface area (Å²) in [6.45, 7) is 1.65. The van der Waals surface area contributed by atoms with Crippen LogP contribution in [0.2, 0.25) is 0 Å². The van der Waals surface area contributed by atoms with E-state index in [1.165, 1.54) is 25.3 Å². The van der Waals surface area contributed by atoms with Crippen LogP contribution in [0.5, 0.6) is 5.75 Å². The number of ether oxygens (including phenoxy) is 2. The van der Waals surface area contributed by atoms with E-state index in [1.54, 1.807) is 65.9 Å². The van der Waals surface area contributed by atoms with Gasteiger partial charge < -0.3 is 9.47 Å². The average Bonchev–Trinajstić information content (AvgIpc) is 3.75. The van der Waals surface area contributed by atoms with Gasteiger partial charge in [0.25, 0.3) is 15.9 Å². The molecule has 1 heterocycles. The monoisotopic (exact) mass is 694 g/mol. The molecule has 0 saturated heterocycles. The first kappa shape index (κ1) is 34.3. The second-order valence-corrected chi connectivity index (χ2v) is 13.9. The molecule has 12 heteroatoms. The van der Waals surface area contributed by atoms with E-state index in [0.29, 0.717) is 44.8 Å². The van der Waals surface area contributed by atoms with Gasteiger partial charge >= 0.3 is 12.1 Å². The molecule has 0 unspecified atom stereocenters. The van der Waals surface area contributed by atoms with E-state index in [-0.39, 0.29) is 29.0 Å². The molecule has 0 aliphatic heterocycles. The molecule has 2 N–H and O–H groups in total. The van der Waals surface area contributed by atoms with Crippen molar-refractivity contribution in [2.45, 2.75) is 50.0 Å². The van der Waals surface area contributed by atoms with Gasteiger partial charge in [-0.2, -0.15) is 0 Å². The van der Waals surface area contributed by atoms with Crippen LogP contribution in [-0.2, 0) is 21.2 Å². The van der Waals surface area contributed by atoms with Crippen LogP contribution in [-0.4, -0.2) is 51.3 Å². The largest absolute Gasteiger partial charge is 0.496 e. The number of carbonyl (C=O) groups is 3. The molecule has 0 radical (unpaired) electrons. The molecular formula is C38H38N4O7S. The number of anilines is 2. The fourth-order valence-corrected chi connectivity index (χ4v) is 7.47. The highest BCUT2D eigenvalue weighted by molar-refractivity contribution is 7.90. The molecule has 1 aromatic heterocycles. The minimum Gasteiger partial charge on any atom is -0.496 e. The number of para-hydroxylation sites is 1. The van der Waals surface area contributed by atoms with Crippen molar-refractivity contribution in [3.05, 3.63) is 119 Å². The van der Waals surface area contributed by atoms with Gasteiger partial charge in [-0.15, -0.1) is 0 Å². The molecule has 1 saturated carbocycles. The second kappa shape index (κ2) is 14.5. The van der Waals surface area contributed by atoms with E-state index in [4.69, 9.17) is 9.47 Å². The minimum atomic E-state index is -4.12. The molecule has 0 bridgehead atoms. The summed E-state index contributed by atoms with van der Waals surface area (Å²) in [5, 5.41) is 3.53. The number of sulfonamides is 1. The minimum absolute atomic E-state index is 0.0129. The normalized spacial score (nSPS) is 13.2. The van der Waals surface area contributed by atoms with E-state index >= 15 is 0 Å². The predicted octanol–water partition coefficient (Wildman–Crippen LogP) is 7.26. The summed E-state index contributed by atoms with van der Waals surface area (Å²) < 4.78 is 40.9. The first-order valence-corrected chi connectivity index (χ1v) is 17.8. The van der Waals surface area contributed by atoms with Crippen LogP contribution in [0.3, 0.4) is 0 Å². The highest BCUT2D eigenvalue weighted by Gasteiger charge is 2.24. The third-order valence-electron chi connectivity index (χ3n) is 8.85. The standard InChI is InChI=1S/C38H38N4O7S/c1-25-11-7-10-16-35(25)50(46,47)40-36(43)27-18-17-26(34(24-27)48-3)22-31-23-28-21-29(39-37(44)49-32-14-8-9-15-32)19-20-33(28)42(31)38(45)41(2)30-12-5-4-6-13-30/h4-7,10-13,16-21,23-24,32H,8-9,14-15,22H2,1-3H3,(H,39,44)(H,40,43). The van der Waals surface area contributed by atoms with Gasteiger partial charge in [0, 0.05) is 47.1 Å². The molecule has 1 aliphatic carbocycles. The second-order valence-electron chi connectivity index (χ2n) is 12.3. The zero-order valence-corrected chi connectivity index (χ0v) is 28.8. The number of amides is 3. The molecular weight excluding hydrogens is 657 g/mol. The van der Waals surface area contributed by atoms with Crippen LogP contribution in [0.4, 0.5) is 21.0 Å². The summed E-state index contributed by atoms with van der Waals surface area (Å²) in [6, 6.07) is 27.2. The summed E-state index contributed by atoms with van der Waals surface area (Å²) in [4.78, 5) is 41.4. The maximum atomic E-state index is 14.1. The molecule has 258 valence electrons. The maximum Gasteiger partial charge on any atom is 0.411 e. The number of fused-ring (bicyclic) bond motifs is 1. The first-order valence-electron chi connectivity index (χ1n) is 16.3. The number of nitrogens with one attached hydrogen (secondary N) is 2. The topological polar surface area (TPSA) is 136 Å². The van der Waals surface area contributed by atoms with Gasteiger partial charge in [0.05, 0.1) is 17.5 Å².